The molecule has 3 aromatic rings. The minimum Gasteiger partial charge on any atom is -0.491 e. The van der Waals surface area contributed by atoms with Crippen molar-refractivity contribution >= 4 is 10.9 Å². The van der Waals surface area contributed by atoms with Crippen molar-refractivity contribution in [2.75, 3.05) is 19.7 Å². The number of nitrogens with zero attached hydrogens (tertiary/aromatic N) is 2. The van der Waals surface area contributed by atoms with Gasteiger partial charge in [-0.2, -0.15) is 0 Å². The molecule has 1 N–H and O–H groups in total. The molecule has 2 aromatic carbocycles. The number of aromatic nitrogens is 1. The molecule has 0 bridgehead atoms. The highest BCUT2D eigenvalue weighted by Gasteiger charge is 2.35. The van der Waals surface area contributed by atoms with Crippen LogP contribution in [0.3, 0.4) is 0 Å². The lowest BCUT2D eigenvalue weighted by Crippen LogP contribution is -2.44. The van der Waals surface area contributed by atoms with Crippen LogP contribution < -0.4 is 4.74 Å². The van der Waals surface area contributed by atoms with Crippen LogP contribution >= 0.6 is 0 Å². The maximum absolute atomic E-state index is 10.7. The van der Waals surface area contributed by atoms with Gasteiger partial charge in [-0.3, -0.25) is 4.90 Å². The van der Waals surface area contributed by atoms with Gasteiger partial charge < -0.3 is 14.4 Å². The zero-order valence-electron chi connectivity index (χ0n) is 17.4. The lowest BCUT2D eigenvalue weighted by molar-refractivity contribution is 0.0373. The van der Waals surface area contributed by atoms with Crippen molar-refractivity contribution in [3.8, 4) is 5.75 Å². The quantitative estimate of drug-likeness (QED) is 0.702. The molecule has 0 saturated heterocycles. The number of aliphatic hydroxyl groups excluding tert-OH is 1. The fourth-order valence-electron chi connectivity index (χ4n) is 5.24. The second-order valence-corrected chi connectivity index (χ2v) is 8.67. The van der Waals surface area contributed by atoms with Gasteiger partial charge in [0, 0.05) is 36.2 Å². The molecular weight excluding hydrogens is 360 g/mol. The molecule has 0 amide bonds. The average Bonchev–Trinajstić information content (AvgIpc) is 3.04. The summed E-state index contributed by atoms with van der Waals surface area (Å²) in [5, 5.41) is 12.1. The molecule has 0 spiro atoms. The average molecular weight is 391 g/mol. The van der Waals surface area contributed by atoms with E-state index in [9.17, 15) is 5.11 Å². The minimum absolute atomic E-state index is 0.336. The maximum atomic E-state index is 10.7. The van der Waals surface area contributed by atoms with Gasteiger partial charge in [0.05, 0.1) is 6.04 Å². The van der Waals surface area contributed by atoms with Gasteiger partial charge in [-0.1, -0.05) is 29.8 Å². The molecule has 1 aliphatic carbocycles. The van der Waals surface area contributed by atoms with E-state index in [1.165, 1.54) is 47.0 Å². The van der Waals surface area contributed by atoms with Crippen LogP contribution in [-0.2, 0) is 13.0 Å². The number of fused-ring (bicyclic) bond motifs is 3. The fourth-order valence-corrected chi connectivity index (χ4v) is 5.24. The first-order valence-electron chi connectivity index (χ1n) is 10.8. The second-order valence-electron chi connectivity index (χ2n) is 8.67. The Labute approximate surface area is 172 Å². The number of hydrogen-bond acceptors (Lipinski definition) is 3. The van der Waals surface area contributed by atoms with Crippen molar-refractivity contribution in [3.05, 3.63) is 64.8 Å². The number of benzene rings is 2. The molecule has 1 aliphatic heterocycles. The number of ether oxygens (including phenoxy) is 1. The third-order valence-corrected chi connectivity index (χ3v) is 6.61. The van der Waals surface area contributed by atoms with Gasteiger partial charge in [-0.25, -0.2) is 0 Å². The molecule has 2 heterocycles. The number of β-amino-alcohol motifs (C(OH)–C–C–N with tert-alkyl or cyclic N) is 1. The number of hydrogen-bond donors (Lipinski definition) is 1. The summed E-state index contributed by atoms with van der Waals surface area (Å²) in [5.41, 5.74) is 6.86. The first kappa shape index (κ1) is 18.7. The topological polar surface area (TPSA) is 37.6 Å². The Morgan fingerprint density at radius 2 is 2.00 bits per heavy atom. The summed E-state index contributed by atoms with van der Waals surface area (Å²) in [5.74, 6) is 0.862. The molecule has 0 unspecified atom stereocenters. The number of para-hydroxylation sites is 1. The van der Waals surface area contributed by atoms with Gasteiger partial charge in [0.25, 0.3) is 0 Å². The van der Waals surface area contributed by atoms with E-state index in [0.29, 0.717) is 19.2 Å². The van der Waals surface area contributed by atoms with Crippen molar-refractivity contribution in [3.63, 3.8) is 0 Å². The SMILES string of the molecule is Cc1ccc2c(c1)c1c3n2CCN(C[C@H](O)COc2ccccc2C)[C@H]3CCC1. The normalized spacial score (nSPS) is 19.9. The summed E-state index contributed by atoms with van der Waals surface area (Å²) in [4.78, 5) is 2.48. The molecule has 1 aromatic heterocycles. The van der Waals surface area contributed by atoms with E-state index in [1.807, 2.05) is 31.2 Å². The third kappa shape index (κ3) is 3.34. The van der Waals surface area contributed by atoms with Gasteiger partial charge in [-0.05, 0) is 62.4 Å². The Kier molecular flexibility index (Phi) is 4.84. The van der Waals surface area contributed by atoms with Gasteiger partial charge in [0.15, 0.2) is 0 Å². The van der Waals surface area contributed by atoms with E-state index in [4.69, 9.17) is 4.74 Å². The molecule has 5 rings (SSSR count). The monoisotopic (exact) mass is 390 g/mol. The van der Waals surface area contributed by atoms with E-state index >= 15 is 0 Å². The van der Waals surface area contributed by atoms with Gasteiger partial charge in [-0.15, -0.1) is 0 Å². The Morgan fingerprint density at radius 3 is 2.86 bits per heavy atom. The number of rotatable bonds is 5. The van der Waals surface area contributed by atoms with Crippen molar-refractivity contribution in [1.82, 2.24) is 9.47 Å². The molecule has 29 heavy (non-hydrogen) atoms. The van der Waals surface area contributed by atoms with Crippen molar-refractivity contribution in [1.29, 1.82) is 0 Å². The summed E-state index contributed by atoms with van der Waals surface area (Å²) >= 11 is 0. The second kappa shape index (κ2) is 7.51. The lowest BCUT2D eigenvalue weighted by Gasteiger charge is -2.40. The molecule has 152 valence electrons. The van der Waals surface area contributed by atoms with Crippen molar-refractivity contribution < 1.29 is 9.84 Å². The van der Waals surface area contributed by atoms with Crippen molar-refractivity contribution in [2.24, 2.45) is 0 Å². The summed E-state index contributed by atoms with van der Waals surface area (Å²) in [6, 6.07) is 15.3. The van der Waals surface area contributed by atoms with E-state index in [-0.39, 0.29) is 0 Å². The van der Waals surface area contributed by atoms with Gasteiger partial charge in [0.2, 0.25) is 0 Å². The highest BCUT2D eigenvalue weighted by atomic mass is 16.5. The summed E-state index contributed by atoms with van der Waals surface area (Å²) in [6.45, 7) is 7.20. The Hall–Kier alpha value is -2.30. The summed E-state index contributed by atoms with van der Waals surface area (Å²) in [6.07, 6.45) is 3.08. The van der Waals surface area contributed by atoms with Crippen LogP contribution in [0.4, 0.5) is 0 Å². The third-order valence-electron chi connectivity index (χ3n) is 6.61. The Balaban J connectivity index is 1.35. The summed E-state index contributed by atoms with van der Waals surface area (Å²) < 4.78 is 8.44. The first-order chi connectivity index (χ1) is 14.1. The smallest absolute Gasteiger partial charge is 0.122 e. The predicted octanol–water partition coefficient (Wildman–Crippen LogP) is 4.39. The minimum atomic E-state index is -0.488. The molecule has 2 atom stereocenters. The fraction of sp³-hybridized carbons (Fsp3) is 0.440. The molecule has 0 radical (unpaired) electrons. The molecule has 0 fully saturated rings. The van der Waals surface area contributed by atoms with Crippen molar-refractivity contribution in [2.45, 2.75) is 51.8 Å². The first-order valence-corrected chi connectivity index (χ1v) is 10.8. The van der Waals surface area contributed by atoms with Crippen LogP contribution in [0.5, 0.6) is 5.75 Å². The highest BCUT2D eigenvalue weighted by Crippen LogP contribution is 2.42. The number of aryl methyl sites for hydroxylation is 3. The zero-order valence-corrected chi connectivity index (χ0v) is 17.4. The van der Waals surface area contributed by atoms with Crippen LogP contribution in [0.1, 0.15) is 41.3 Å². The number of aliphatic hydroxyl groups is 1. The van der Waals surface area contributed by atoms with E-state index in [0.717, 1.165) is 24.4 Å². The highest BCUT2D eigenvalue weighted by molar-refractivity contribution is 5.87. The molecule has 0 saturated carbocycles. The van der Waals surface area contributed by atoms with Gasteiger partial charge >= 0.3 is 0 Å². The van der Waals surface area contributed by atoms with E-state index < -0.39 is 6.10 Å². The molecule has 4 nitrogen and oxygen atoms in total. The predicted molar refractivity (Wildman–Crippen MR) is 117 cm³/mol. The van der Waals surface area contributed by atoms with E-state index in [1.54, 1.807) is 0 Å². The van der Waals surface area contributed by atoms with E-state index in [2.05, 4.69) is 34.6 Å². The summed E-state index contributed by atoms with van der Waals surface area (Å²) in [7, 11) is 0. The van der Waals surface area contributed by atoms with Crippen LogP contribution in [0.25, 0.3) is 10.9 Å². The van der Waals surface area contributed by atoms with Crippen LogP contribution in [-0.4, -0.2) is 40.4 Å². The lowest BCUT2D eigenvalue weighted by atomic mass is 9.89. The molecule has 2 aliphatic rings. The van der Waals surface area contributed by atoms with Crippen LogP contribution in [0.15, 0.2) is 42.5 Å². The van der Waals surface area contributed by atoms with Gasteiger partial charge in [0.1, 0.15) is 18.5 Å². The zero-order chi connectivity index (χ0) is 20.0. The van der Waals surface area contributed by atoms with Crippen LogP contribution in [0.2, 0.25) is 0 Å². The Bertz CT molecular complexity index is 1040. The maximum Gasteiger partial charge on any atom is 0.122 e. The largest absolute Gasteiger partial charge is 0.491 e. The molecule has 4 heteroatoms. The molecular formula is C25H30N2O2. The van der Waals surface area contributed by atoms with Crippen LogP contribution in [0, 0.1) is 13.8 Å². The Morgan fingerprint density at radius 1 is 1.14 bits per heavy atom. The standard InChI is InChI=1S/C25H30N2O2/c1-17-10-11-22-21(14-17)20-7-5-8-23-25(20)27(22)13-12-26(23)15-19(28)16-29-24-9-4-3-6-18(24)2/h3-4,6,9-11,14,19,23,28H,5,7-8,12-13,15-16H2,1-2H3/t19-,23-/m0/s1.